The number of carbonyl (C=O) groups excluding carboxylic acids is 1. The summed E-state index contributed by atoms with van der Waals surface area (Å²) in [5.41, 5.74) is 0.524. The summed E-state index contributed by atoms with van der Waals surface area (Å²) in [7, 11) is 0. The summed E-state index contributed by atoms with van der Waals surface area (Å²) in [4.78, 5) is 27.2. The van der Waals surface area contributed by atoms with E-state index in [0.29, 0.717) is 23.0 Å². The van der Waals surface area contributed by atoms with Crippen LogP contribution < -0.4 is 10.6 Å². The number of halogens is 1. The molecule has 2 aromatic rings. The first-order valence-corrected chi connectivity index (χ1v) is 9.90. The molecule has 1 amide bonds. The summed E-state index contributed by atoms with van der Waals surface area (Å²) < 4.78 is 6.12. The molecule has 1 saturated carbocycles. The molecule has 8 nitrogen and oxygen atoms in total. The van der Waals surface area contributed by atoms with Crippen LogP contribution in [0.4, 0.5) is 16.2 Å². The highest BCUT2D eigenvalue weighted by Gasteiger charge is 2.30. The summed E-state index contributed by atoms with van der Waals surface area (Å²) >= 11 is 3.41. The molecule has 0 saturated heterocycles. The number of anilines is 1. The van der Waals surface area contributed by atoms with Crippen molar-refractivity contribution in [2.75, 3.05) is 5.32 Å². The quantitative estimate of drug-likeness (QED) is 0.513. The number of rotatable bonds is 4. The Hall–Kier alpha value is -2.42. The van der Waals surface area contributed by atoms with Gasteiger partial charge < -0.3 is 15.4 Å². The van der Waals surface area contributed by atoms with Gasteiger partial charge in [-0.3, -0.25) is 10.1 Å². The van der Waals surface area contributed by atoms with Crippen molar-refractivity contribution in [1.29, 1.82) is 0 Å². The molecule has 0 radical (unpaired) electrons. The Morgan fingerprint density at radius 3 is 2.71 bits per heavy atom. The minimum absolute atomic E-state index is 0.00298. The fourth-order valence-corrected chi connectivity index (χ4v) is 3.73. The normalized spacial score (nSPS) is 19.4. The summed E-state index contributed by atoms with van der Waals surface area (Å²) in [5.74, 6) is 0. The van der Waals surface area contributed by atoms with E-state index >= 15 is 0 Å². The number of nitrogens with zero attached hydrogens (tertiary/aromatic N) is 2. The zero-order chi connectivity index (χ0) is 20.5. The second kappa shape index (κ2) is 7.90. The standard InChI is InChI=1S/C19H23BrN4O4/c1-19(2,3)28-18(25)23-13-6-5-12(9-13)22-17-14-8-11(20)4-7-15(14)21-10-16(17)24(26)27/h4,7-8,10,12-13H,5-6,9H2,1-3H3,(H,21,22)(H,23,25)/t12-,13-/m1/s1. The molecular weight excluding hydrogens is 428 g/mol. The first-order valence-electron chi connectivity index (χ1n) is 9.11. The van der Waals surface area contributed by atoms with E-state index in [-0.39, 0.29) is 17.8 Å². The topological polar surface area (TPSA) is 106 Å². The van der Waals surface area contributed by atoms with Crippen LogP contribution in [0.5, 0.6) is 0 Å². The number of ether oxygens (including phenoxy) is 1. The number of nitrogens with one attached hydrogen (secondary N) is 2. The Morgan fingerprint density at radius 1 is 1.32 bits per heavy atom. The molecule has 1 fully saturated rings. The fraction of sp³-hybridized carbons (Fsp3) is 0.474. The van der Waals surface area contributed by atoms with Crippen LogP contribution in [0.2, 0.25) is 0 Å². The average molecular weight is 451 g/mol. The predicted octanol–water partition coefficient (Wildman–Crippen LogP) is 4.76. The lowest BCUT2D eigenvalue weighted by molar-refractivity contribution is -0.384. The summed E-state index contributed by atoms with van der Waals surface area (Å²) in [6.07, 6.45) is 3.06. The predicted molar refractivity (Wildman–Crippen MR) is 111 cm³/mol. The Morgan fingerprint density at radius 2 is 2.04 bits per heavy atom. The zero-order valence-electron chi connectivity index (χ0n) is 16.0. The lowest BCUT2D eigenvalue weighted by Crippen LogP contribution is -2.38. The van der Waals surface area contributed by atoms with Crippen molar-refractivity contribution in [2.24, 2.45) is 0 Å². The van der Waals surface area contributed by atoms with Crippen molar-refractivity contribution in [3.05, 3.63) is 39.0 Å². The summed E-state index contributed by atoms with van der Waals surface area (Å²) in [6.45, 7) is 5.45. The van der Waals surface area contributed by atoms with Crippen LogP contribution in [-0.2, 0) is 4.74 Å². The number of fused-ring (bicyclic) bond motifs is 1. The van der Waals surface area contributed by atoms with Crippen LogP contribution in [0.15, 0.2) is 28.9 Å². The Bertz CT molecular complexity index is 913. The molecule has 150 valence electrons. The van der Waals surface area contributed by atoms with E-state index in [9.17, 15) is 14.9 Å². The van der Waals surface area contributed by atoms with Gasteiger partial charge in [-0.2, -0.15) is 0 Å². The maximum absolute atomic E-state index is 12.0. The van der Waals surface area contributed by atoms with Gasteiger partial charge >= 0.3 is 11.8 Å². The van der Waals surface area contributed by atoms with Crippen LogP contribution in [-0.4, -0.2) is 33.7 Å². The molecular formula is C19H23BrN4O4. The molecule has 2 N–H and O–H groups in total. The van der Waals surface area contributed by atoms with E-state index in [2.05, 4.69) is 31.5 Å². The van der Waals surface area contributed by atoms with Crippen molar-refractivity contribution < 1.29 is 14.5 Å². The molecule has 3 rings (SSSR count). The number of amides is 1. The van der Waals surface area contributed by atoms with Crippen LogP contribution in [0.25, 0.3) is 10.9 Å². The molecule has 0 bridgehead atoms. The maximum atomic E-state index is 12.0. The molecule has 1 aromatic carbocycles. The van der Waals surface area contributed by atoms with Gasteiger partial charge in [0.05, 0.1) is 10.4 Å². The first kappa shape index (κ1) is 20.3. The number of hydrogen-bond donors (Lipinski definition) is 2. The van der Waals surface area contributed by atoms with Gasteiger partial charge in [-0.05, 0) is 58.2 Å². The molecule has 1 heterocycles. The third-order valence-electron chi connectivity index (χ3n) is 4.51. The lowest BCUT2D eigenvalue weighted by Gasteiger charge is -2.22. The molecule has 9 heteroatoms. The van der Waals surface area contributed by atoms with Crippen LogP contribution in [0, 0.1) is 10.1 Å². The second-order valence-corrected chi connectivity index (χ2v) is 8.85. The van der Waals surface area contributed by atoms with E-state index in [1.807, 2.05) is 39.0 Å². The van der Waals surface area contributed by atoms with Gasteiger partial charge in [0, 0.05) is 21.9 Å². The Labute approximate surface area is 171 Å². The minimum Gasteiger partial charge on any atom is -0.444 e. The van der Waals surface area contributed by atoms with E-state index in [1.165, 1.54) is 6.20 Å². The van der Waals surface area contributed by atoms with Crippen LogP contribution >= 0.6 is 15.9 Å². The third kappa shape index (κ3) is 4.89. The highest BCUT2D eigenvalue weighted by molar-refractivity contribution is 9.10. The number of hydrogen-bond acceptors (Lipinski definition) is 6. The van der Waals surface area contributed by atoms with Gasteiger partial charge in [0.1, 0.15) is 17.5 Å². The van der Waals surface area contributed by atoms with E-state index < -0.39 is 16.6 Å². The molecule has 0 unspecified atom stereocenters. The molecule has 28 heavy (non-hydrogen) atoms. The number of aromatic nitrogens is 1. The van der Waals surface area contributed by atoms with Gasteiger partial charge in [-0.25, -0.2) is 9.78 Å². The highest BCUT2D eigenvalue weighted by atomic mass is 79.9. The Balaban J connectivity index is 1.76. The molecule has 0 aliphatic heterocycles. The second-order valence-electron chi connectivity index (χ2n) is 7.93. The number of benzene rings is 1. The number of carbonyl (C=O) groups is 1. The number of alkyl carbamates (subject to hydrolysis) is 1. The van der Waals surface area contributed by atoms with Gasteiger partial charge in [-0.1, -0.05) is 15.9 Å². The average Bonchev–Trinajstić information content (AvgIpc) is 3.00. The van der Waals surface area contributed by atoms with Crippen molar-refractivity contribution in [3.63, 3.8) is 0 Å². The van der Waals surface area contributed by atoms with Crippen molar-refractivity contribution in [1.82, 2.24) is 10.3 Å². The van der Waals surface area contributed by atoms with Crippen LogP contribution in [0.1, 0.15) is 40.0 Å². The van der Waals surface area contributed by atoms with E-state index in [4.69, 9.17) is 4.74 Å². The van der Waals surface area contributed by atoms with Crippen molar-refractivity contribution in [2.45, 2.75) is 57.7 Å². The van der Waals surface area contributed by atoms with Crippen molar-refractivity contribution >= 4 is 44.3 Å². The van der Waals surface area contributed by atoms with Crippen molar-refractivity contribution in [3.8, 4) is 0 Å². The number of pyridine rings is 1. The van der Waals surface area contributed by atoms with Gasteiger partial charge in [0.2, 0.25) is 0 Å². The molecule has 1 aliphatic rings. The first-order chi connectivity index (χ1) is 13.1. The largest absolute Gasteiger partial charge is 0.444 e. The highest BCUT2D eigenvalue weighted by Crippen LogP contribution is 2.35. The third-order valence-corrected chi connectivity index (χ3v) is 5.00. The van der Waals surface area contributed by atoms with Gasteiger partial charge in [0.25, 0.3) is 0 Å². The fourth-order valence-electron chi connectivity index (χ4n) is 3.37. The van der Waals surface area contributed by atoms with Gasteiger partial charge in [-0.15, -0.1) is 0 Å². The zero-order valence-corrected chi connectivity index (χ0v) is 17.6. The van der Waals surface area contributed by atoms with E-state index in [0.717, 1.165) is 17.3 Å². The van der Waals surface area contributed by atoms with Crippen LogP contribution in [0.3, 0.4) is 0 Å². The number of nitro groups is 1. The molecule has 2 atom stereocenters. The molecule has 0 spiro atoms. The minimum atomic E-state index is -0.551. The SMILES string of the molecule is CC(C)(C)OC(=O)N[C@@H]1CC[C@@H](Nc2c([N+](=O)[O-])cnc3ccc(Br)cc23)C1. The lowest BCUT2D eigenvalue weighted by atomic mass is 10.1. The summed E-state index contributed by atoms with van der Waals surface area (Å²) in [6, 6.07) is 5.45. The smallest absolute Gasteiger partial charge is 0.407 e. The molecule has 1 aromatic heterocycles. The molecule has 1 aliphatic carbocycles. The monoisotopic (exact) mass is 450 g/mol. The van der Waals surface area contributed by atoms with Gasteiger partial charge in [0.15, 0.2) is 0 Å². The van der Waals surface area contributed by atoms with E-state index in [1.54, 1.807) is 0 Å². The maximum Gasteiger partial charge on any atom is 0.407 e. The Kier molecular flexibility index (Phi) is 5.74. The summed E-state index contributed by atoms with van der Waals surface area (Å²) in [5, 5.41) is 18.4.